The van der Waals surface area contributed by atoms with Gasteiger partial charge in [-0.3, -0.25) is 16.3 Å². The van der Waals surface area contributed by atoms with E-state index < -0.39 is 6.29 Å². The summed E-state index contributed by atoms with van der Waals surface area (Å²) in [5, 5.41) is 2.38. The third kappa shape index (κ3) is 2.34. The Morgan fingerprint density at radius 2 is 1.83 bits per heavy atom. The van der Waals surface area contributed by atoms with Crippen LogP contribution in [0.2, 0.25) is 0 Å². The van der Waals surface area contributed by atoms with E-state index in [-0.39, 0.29) is 5.91 Å². The molecular formula is C8H11N3O. The molecule has 0 aliphatic carbocycles. The second kappa shape index (κ2) is 3.85. The lowest BCUT2D eigenvalue weighted by Crippen LogP contribution is -2.48. The Balaban J connectivity index is 2.66. The molecule has 0 heterocycles. The molecule has 4 heteroatoms. The van der Waals surface area contributed by atoms with Gasteiger partial charge in [-0.25, -0.2) is 0 Å². The highest BCUT2D eigenvalue weighted by atomic mass is 16.1. The molecule has 64 valence electrons. The lowest BCUT2D eigenvalue weighted by molar-refractivity contribution is 0.0939. The number of benzene rings is 1. The molecule has 1 aromatic carbocycles. The van der Waals surface area contributed by atoms with Gasteiger partial charge in [-0.1, -0.05) is 18.2 Å². The average Bonchev–Trinajstić information content (AvgIpc) is 2.05. The molecular weight excluding hydrogens is 154 g/mol. The third-order valence-corrected chi connectivity index (χ3v) is 1.33. The van der Waals surface area contributed by atoms with Crippen LogP contribution in [0.15, 0.2) is 30.3 Å². The van der Waals surface area contributed by atoms with Crippen molar-refractivity contribution in [3.8, 4) is 0 Å². The van der Waals surface area contributed by atoms with Crippen LogP contribution >= 0.6 is 0 Å². The number of hydrogen-bond acceptors (Lipinski definition) is 3. The maximum absolute atomic E-state index is 11.2. The minimum absolute atomic E-state index is 0.259. The molecule has 0 fully saturated rings. The van der Waals surface area contributed by atoms with Crippen LogP contribution in [0.5, 0.6) is 0 Å². The van der Waals surface area contributed by atoms with Gasteiger partial charge < -0.3 is 5.32 Å². The van der Waals surface area contributed by atoms with E-state index in [0.717, 1.165) is 0 Å². The van der Waals surface area contributed by atoms with Crippen LogP contribution in [-0.4, -0.2) is 12.2 Å². The van der Waals surface area contributed by atoms with E-state index in [9.17, 15) is 4.79 Å². The second-order valence-corrected chi connectivity index (χ2v) is 2.37. The molecule has 0 saturated carbocycles. The first-order valence-electron chi connectivity index (χ1n) is 3.57. The van der Waals surface area contributed by atoms with Gasteiger partial charge in [0.1, 0.15) is 6.29 Å². The Kier molecular flexibility index (Phi) is 2.79. The number of rotatable bonds is 2. The molecule has 5 N–H and O–H groups in total. The normalized spacial score (nSPS) is 9.92. The number of amides is 1. The molecule has 0 aromatic heterocycles. The fourth-order valence-corrected chi connectivity index (χ4v) is 0.824. The van der Waals surface area contributed by atoms with Gasteiger partial charge in [-0.05, 0) is 12.1 Å². The topological polar surface area (TPSA) is 81.1 Å². The number of nitrogens with one attached hydrogen (secondary N) is 1. The number of carbonyl (C=O) groups is 1. The summed E-state index contributed by atoms with van der Waals surface area (Å²) in [5.41, 5.74) is 10.9. The second-order valence-electron chi connectivity index (χ2n) is 2.37. The summed E-state index contributed by atoms with van der Waals surface area (Å²) in [6.45, 7) is 0. The molecule has 12 heavy (non-hydrogen) atoms. The lowest BCUT2D eigenvalue weighted by atomic mass is 10.2. The van der Waals surface area contributed by atoms with Crippen molar-refractivity contribution >= 4 is 5.91 Å². The minimum Gasteiger partial charge on any atom is -0.324 e. The number of hydrogen-bond donors (Lipinski definition) is 3. The van der Waals surface area contributed by atoms with Crippen LogP contribution in [0, 0.1) is 0 Å². The van der Waals surface area contributed by atoms with E-state index in [4.69, 9.17) is 11.5 Å². The molecule has 0 atom stereocenters. The van der Waals surface area contributed by atoms with Crippen molar-refractivity contribution in [1.82, 2.24) is 5.32 Å². The van der Waals surface area contributed by atoms with Crippen molar-refractivity contribution < 1.29 is 4.79 Å². The Bertz CT molecular complexity index is 258. The SMILES string of the molecule is NC(N)NC(=O)c1ccccc1. The molecule has 1 aromatic rings. The lowest BCUT2D eigenvalue weighted by Gasteiger charge is -2.07. The molecule has 0 bridgehead atoms. The molecule has 0 radical (unpaired) electrons. The van der Waals surface area contributed by atoms with Gasteiger partial charge in [0.05, 0.1) is 0 Å². The van der Waals surface area contributed by atoms with Gasteiger partial charge in [0.25, 0.3) is 5.91 Å². The van der Waals surface area contributed by atoms with E-state index in [2.05, 4.69) is 5.32 Å². The standard InChI is InChI=1S/C8H11N3O/c9-8(10)11-7(12)6-4-2-1-3-5-6/h1-5,8H,9-10H2,(H,11,12). The van der Waals surface area contributed by atoms with Gasteiger partial charge in [-0.2, -0.15) is 0 Å². The molecule has 0 unspecified atom stereocenters. The molecule has 0 aliphatic rings. The third-order valence-electron chi connectivity index (χ3n) is 1.33. The van der Waals surface area contributed by atoms with Crippen molar-refractivity contribution in [1.29, 1.82) is 0 Å². The quantitative estimate of drug-likeness (QED) is 0.522. The predicted molar refractivity (Wildman–Crippen MR) is 46.1 cm³/mol. The summed E-state index contributed by atoms with van der Waals surface area (Å²) in [7, 11) is 0. The highest BCUT2D eigenvalue weighted by Gasteiger charge is 2.04. The van der Waals surface area contributed by atoms with E-state index >= 15 is 0 Å². The highest BCUT2D eigenvalue weighted by Crippen LogP contribution is 1.96. The van der Waals surface area contributed by atoms with Crippen LogP contribution in [0.3, 0.4) is 0 Å². The van der Waals surface area contributed by atoms with E-state index in [0.29, 0.717) is 5.56 Å². The van der Waals surface area contributed by atoms with Crippen LogP contribution in [0.1, 0.15) is 10.4 Å². The number of nitrogens with two attached hydrogens (primary N) is 2. The van der Waals surface area contributed by atoms with Crippen LogP contribution in [0.4, 0.5) is 0 Å². The Morgan fingerprint density at radius 1 is 1.25 bits per heavy atom. The van der Waals surface area contributed by atoms with Crippen molar-refractivity contribution in [2.75, 3.05) is 0 Å². The Hall–Kier alpha value is -1.39. The summed E-state index contributed by atoms with van der Waals surface area (Å²) < 4.78 is 0. The van der Waals surface area contributed by atoms with Gasteiger partial charge in [-0.15, -0.1) is 0 Å². The van der Waals surface area contributed by atoms with E-state index in [1.807, 2.05) is 6.07 Å². The zero-order valence-electron chi connectivity index (χ0n) is 6.53. The van der Waals surface area contributed by atoms with Crippen molar-refractivity contribution in [3.05, 3.63) is 35.9 Å². The molecule has 1 rings (SSSR count). The Morgan fingerprint density at radius 3 is 2.33 bits per heavy atom. The average molecular weight is 165 g/mol. The molecule has 0 aliphatic heterocycles. The highest BCUT2D eigenvalue weighted by molar-refractivity contribution is 5.94. The van der Waals surface area contributed by atoms with Crippen molar-refractivity contribution in [2.45, 2.75) is 6.29 Å². The van der Waals surface area contributed by atoms with E-state index in [1.165, 1.54) is 0 Å². The van der Waals surface area contributed by atoms with Crippen LogP contribution in [0.25, 0.3) is 0 Å². The van der Waals surface area contributed by atoms with Crippen LogP contribution < -0.4 is 16.8 Å². The molecule has 1 amide bonds. The minimum atomic E-state index is -0.808. The first kappa shape index (κ1) is 8.70. The first-order chi connectivity index (χ1) is 5.70. The van der Waals surface area contributed by atoms with Gasteiger partial charge in [0.2, 0.25) is 0 Å². The first-order valence-corrected chi connectivity index (χ1v) is 3.57. The maximum atomic E-state index is 11.2. The molecule has 0 spiro atoms. The zero-order chi connectivity index (χ0) is 8.97. The zero-order valence-corrected chi connectivity index (χ0v) is 6.53. The molecule has 0 saturated heterocycles. The summed E-state index contributed by atoms with van der Waals surface area (Å²) in [6, 6.07) is 8.77. The fourth-order valence-electron chi connectivity index (χ4n) is 0.824. The fraction of sp³-hybridized carbons (Fsp3) is 0.125. The van der Waals surface area contributed by atoms with E-state index in [1.54, 1.807) is 24.3 Å². The monoisotopic (exact) mass is 165 g/mol. The van der Waals surface area contributed by atoms with Crippen molar-refractivity contribution in [2.24, 2.45) is 11.5 Å². The summed E-state index contributed by atoms with van der Waals surface area (Å²) >= 11 is 0. The summed E-state index contributed by atoms with van der Waals surface area (Å²) in [5.74, 6) is -0.259. The summed E-state index contributed by atoms with van der Waals surface area (Å²) in [4.78, 5) is 11.2. The number of carbonyl (C=O) groups excluding carboxylic acids is 1. The van der Waals surface area contributed by atoms with Crippen molar-refractivity contribution in [3.63, 3.8) is 0 Å². The smallest absolute Gasteiger partial charge is 0.253 e. The maximum Gasteiger partial charge on any atom is 0.253 e. The van der Waals surface area contributed by atoms with Crippen LogP contribution in [-0.2, 0) is 0 Å². The Labute approximate surface area is 70.6 Å². The molecule has 4 nitrogen and oxygen atoms in total. The van der Waals surface area contributed by atoms with Gasteiger partial charge >= 0.3 is 0 Å². The van der Waals surface area contributed by atoms with Gasteiger partial charge in [0.15, 0.2) is 0 Å². The predicted octanol–water partition coefficient (Wildman–Crippen LogP) is -0.383. The largest absolute Gasteiger partial charge is 0.324 e. The van der Waals surface area contributed by atoms with Gasteiger partial charge in [0, 0.05) is 5.56 Å². The summed E-state index contributed by atoms with van der Waals surface area (Å²) in [6.07, 6.45) is -0.808.